The monoisotopic (exact) mass is 259 g/mol. The predicted molar refractivity (Wildman–Crippen MR) is 69.3 cm³/mol. The molecule has 0 aliphatic heterocycles. The third-order valence-electron chi connectivity index (χ3n) is 2.88. The Kier molecular flexibility index (Phi) is 6.91. The molecule has 0 radical (unpaired) electrons. The van der Waals surface area contributed by atoms with Crippen molar-refractivity contribution in [3.63, 3.8) is 0 Å². The van der Waals surface area contributed by atoms with Crippen molar-refractivity contribution < 1.29 is 19.4 Å². The largest absolute Gasteiger partial charge is 0.480 e. The number of nitrogens with one attached hydrogen (secondary N) is 1. The third kappa shape index (κ3) is 6.00. The van der Waals surface area contributed by atoms with Gasteiger partial charge in [-0.1, -0.05) is 13.8 Å². The third-order valence-corrected chi connectivity index (χ3v) is 2.88. The molecule has 0 unspecified atom stereocenters. The van der Waals surface area contributed by atoms with Crippen molar-refractivity contribution in [3.05, 3.63) is 0 Å². The standard InChI is InChI=1S/C13H25NO4/c1-9(2)8-10(11(15)16)14-7-6-13(3,4)12(17)18-5/h9-10,14H,6-8H2,1-5H3,(H,15,16)/t10-/m0/s1. The fourth-order valence-electron chi connectivity index (χ4n) is 1.68. The fraction of sp³-hybridized carbons (Fsp3) is 0.846. The van der Waals surface area contributed by atoms with Crippen molar-refractivity contribution in [3.8, 4) is 0 Å². The molecule has 0 saturated carbocycles. The lowest BCUT2D eigenvalue weighted by Crippen LogP contribution is -2.40. The van der Waals surface area contributed by atoms with Gasteiger partial charge >= 0.3 is 11.9 Å². The molecule has 0 spiro atoms. The lowest BCUT2D eigenvalue weighted by Gasteiger charge is -2.23. The van der Waals surface area contributed by atoms with Gasteiger partial charge in [-0.15, -0.1) is 0 Å². The first kappa shape index (κ1) is 16.9. The SMILES string of the molecule is COC(=O)C(C)(C)CCN[C@@H](CC(C)C)C(=O)O. The molecule has 0 aliphatic carbocycles. The van der Waals surface area contributed by atoms with Crippen molar-refractivity contribution in [2.75, 3.05) is 13.7 Å². The van der Waals surface area contributed by atoms with Gasteiger partial charge in [-0.25, -0.2) is 0 Å². The Morgan fingerprint density at radius 2 is 1.89 bits per heavy atom. The molecule has 0 aliphatic rings. The molecule has 0 bridgehead atoms. The topological polar surface area (TPSA) is 75.6 Å². The zero-order valence-electron chi connectivity index (χ0n) is 11.9. The zero-order chi connectivity index (χ0) is 14.3. The summed E-state index contributed by atoms with van der Waals surface area (Å²) < 4.78 is 4.70. The molecule has 0 amide bonds. The lowest BCUT2D eigenvalue weighted by atomic mass is 9.89. The number of rotatable bonds is 8. The summed E-state index contributed by atoms with van der Waals surface area (Å²) in [5, 5.41) is 12.0. The number of methoxy groups -OCH3 is 1. The maximum atomic E-state index is 11.5. The first-order chi connectivity index (χ1) is 8.20. The molecule has 0 saturated heterocycles. The normalized spacial score (nSPS) is 13.4. The second-order valence-electron chi connectivity index (χ2n) is 5.60. The summed E-state index contributed by atoms with van der Waals surface area (Å²) in [5.41, 5.74) is -0.595. The summed E-state index contributed by atoms with van der Waals surface area (Å²) in [6, 6.07) is -0.557. The van der Waals surface area contributed by atoms with Gasteiger partial charge < -0.3 is 15.2 Å². The van der Waals surface area contributed by atoms with E-state index >= 15 is 0 Å². The minimum atomic E-state index is -0.848. The van der Waals surface area contributed by atoms with E-state index in [4.69, 9.17) is 9.84 Å². The maximum absolute atomic E-state index is 11.5. The van der Waals surface area contributed by atoms with E-state index in [9.17, 15) is 9.59 Å². The molecule has 5 heteroatoms. The Morgan fingerprint density at radius 3 is 2.28 bits per heavy atom. The van der Waals surface area contributed by atoms with E-state index in [1.807, 2.05) is 13.8 Å². The van der Waals surface area contributed by atoms with E-state index < -0.39 is 17.4 Å². The highest BCUT2D eigenvalue weighted by molar-refractivity contribution is 5.75. The molecule has 0 rings (SSSR count). The van der Waals surface area contributed by atoms with E-state index in [0.717, 1.165) is 0 Å². The van der Waals surface area contributed by atoms with E-state index in [0.29, 0.717) is 25.3 Å². The summed E-state index contributed by atoms with van der Waals surface area (Å²) in [4.78, 5) is 22.5. The molecule has 18 heavy (non-hydrogen) atoms. The molecular weight excluding hydrogens is 234 g/mol. The summed E-state index contributed by atoms with van der Waals surface area (Å²) in [6.45, 7) is 8.02. The van der Waals surface area contributed by atoms with Crippen molar-refractivity contribution >= 4 is 11.9 Å². The van der Waals surface area contributed by atoms with Crippen molar-refractivity contribution in [1.29, 1.82) is 0 Å². The molecule has 1 atom stereocenters. The van der Waals surface area contributed by atoms with Crippen LogP contribution < -0.4 is 5.32 Å². The molecular formula is C13H25NO4. The van der Waals surface area contributed by atoms with Crippen LogP contribution in [0.25, 0.3) is 0 Å². The molecule has 5 nitrogen and oxygen atoms in total. The number of hydrogen-bond acceptors (Lipinski definition) is 4. The van der Waals surface area contributed by atoms with Crippen LogP contribution in [0.3, 0.4) is 0 Å². The number of carboxylic acids is 1. The van der Waals surface area contributed by atoms with Gasteiger partial charge in [0.1, 0.15) is 6.04 Å². The first-order valence-electron chi connectivity index (χ1n) is 6.25. The number of carbonyl (C=O) groups excluding carboxylic acids is 1. The minimum Gasteiger partial charge on any atom is -0.480 e. The first-order valence-corrected chi connectivity index (χ1v) is 6.25. The zero-order valence-corrected chi connectivity index (χ0v) is 11.9. The van der Waals surface area contributed by atoms with Gasteiger partial charge in [-0.05, 0) is 39.2 Å². The fourth-order valence-corrected chi connectivity index (χ4v) is 1.68. The van der Waals surface area contributed by atoms with Crippen molar-refractivity contribution in [1.82, 2.24) is 5.32 Å². The van der Waals surface area contributed by atoms with Gasteiger partial charge in [-0.2, -0.15) is 0 Å². The van der Waals surface area contributed by atoms with Crippen LogP contribution in [0.2, 0.25) is 0 Å². The molecule has 106 valence electrons. The second kappa shape index (κ2) is 7.36. The van der Waals surface area contributed by atoms with E-state index in [1.54, 1.807) is 13.8 Å². The molecule has 0 aromatic heterocycles. The molecule has 0 aromatic carbocycles. The Labute approximate surface area is 109 Å². The van der Waals surface area contributed by atoms with Crippen molar-refractivity contribution in [2.45, 2.75) is 46.6 Å². The molecule has 0 heterocycles. The van der Waals surface area contributed by atoms with E-state index in [2.05, 4.69) is 5.32 Å². The Bertz CT molecular complexity index is 287. The summed E-state index contributed by atoms with van der Waals surface area (Å²) in [6.07, 6.45) is 1.12. The molecule has 0 fully saturated rings. The van der Waals surface area contributed by atoms with Gasteiger partial charge in [0, 0.05) is 0 Å². The second-order valence-corrected chi connectivity index (χ2v) is 5.60. The minimum absolute atomic E-state index is 0.278. The van der Waals surface area contributed by atoms with Gasteiger partial charge in [0.05, 0.1) is 12.5 Å². The summed E-state index contributed by atoms with van der Waals surface area (Å²) >= 11 is 0. The van der Waals surface area contributed by atoms with Crippen LogP contribution in [-0.4, -0.2) is 36.7 Å². The van der Waals surface area contributed by atoms with Crippen molar-refractivity contribution in [2.24, 2.45) is 11.3 Å². The van der Waals surface area contributed by atoms with E-state index in [-0.39, 0.29) is 5.97 Å². The van der Waals surface area contributed by atoms with Crippen LogP contribution in [0.15, 0.2) is 0 Å². The lowest BCUT2D eigenvalue weighted by molar-refractivity contribution is -0.151. The van der Waals surface area contributed by atoms with Gasteiger partial charge in [-0.3, -0.25) is 9.59 Å². The number of ether oxygens (including phenoxy) is 1. The summed E-state index contributed by atoms with van der Waals surface area (Å²) in [5.74, 6) is -0.813. The van der Waals surface area contributed by atoms with Crippen LogP contribution in [0.4, 0.5) is 0 Å². The Balaban J connectivity index is 4.22. The number of esters is 1. The number of hydrogen-bond donors (Lipinski definition) is 2. The van der Waals surface area contributed by atoms with Gasteiger partial charge in [0.25, 0.3) is 0 Å². The van der Waals surface area contributed by atoms with Gasteiger partial charge in [0.2, 0.25) is 0 Å². The van der Waals surface area contributed by atoms with Crippen LogP contribution >= 0.6 is 0 Å². The summed E-state index contributed by atoms with van der Waals surface area (Å²) in [7, 11) is 1.36. The van der Waals surface area contributed by atoms with Crippen LogP contribution in [0.5, 0.6) is 0 Å². The highest BCUT2D eigenvalue weighted by Crippen LogP contribution is 2.21. The predicted octanol–water partition coefficient (Wildman–Crippen LogP) is 1.66. The smallest absolute Gasteiger partial charge is 0.320 e. The number of carbonyl (C=O) groups is 2. The van der Waals surface area contributed by atoms with Crippen LogP contribution in [0, 0.1) is 11.3 Å². The quantitative estimate of drug-likeness (QED) is 0.648. The van der Waals surface area contributed by atoms with E-state index in [1.165, 1.54) is 7.11 Å². The average molecular weight is 259 g/mol. The van der Waals surface area contributed by atoms with Crippen LogP contribution in [0.1, 0.15) is 40.5 Å². The molecule has 0 aromatic rings. The number of aliphatic carboxylic acids is 1. The Morgan fingerprint density at radius 1 is 1.33 bits per heavy atom. The van der Waals surface area contributed by atoms with Gasteiger partial charge in [0.15, 0.2) is 0 Å². The number of carboxylic acid groups (broad SMARTS) is 1. The Hall–Kier alpha value is -1.10. The highest BCUT2D eigenvalue weighted by atomic mass is 16.5. The molecule has 2 N–H and O–H groups in total. The highest BCUT2D eigenvalue weighted by Gasteiger charge is 2.29. The van der Waals surface area contributed by atoms with Crippen LogP contribution in [-0.2, 0) is 14.3 Å². The average Bonchev–Trinajstić information content (AvgIpc) is 2.25. The maximum Gasteiger partial charge on any atom is 0.320 e.